The predicted octanol–water partition coefficient (Wildman–Crippen LogP) is 1.30. The number of hydrogen-bond acceptors (Lipinski definition) is 3. The average molecular weight is 224 g/mol. The van der Waals surface area contributed by atoms with Crippen molar-refractivity contribution in [3.8, 4) is 6.07 Å². The van der Waals surface area contributed by atoms with Gasteiger partial charge in [0.1, 0.15) is 5.41 Å². The van der Waals surface area contributed by atoms with E-state index < -0.39 is 5.41 Å². The number of carbonyl (C=O) groups excluding carboxylic acids is 1. The molecule has 4 nitrogen and oxygen atoms in total. The number of rotatable bonds is 5. The molecule has 0 atom stereocenters. The second-order valence-electron chi connectivity index (χ2n) is 4.36. The van der Waals surface area contributed by atoms with Gasteiger partial charge in [-0.2, -0.15) is 5.26 Å². The average Bonchev–Trinajstić information content (AvgIpc) is 2.79. The number of aliphatic hydroxyl groups is 1. The lowest BCUT2D eigenvalue weighted by Gasteiger charge is -2.28. The lowest BCUT2D eigenvalue weighted by atomic mass is 9.86. The first-order valence-electron chi connectivity index (χ1n) is 6.01. The maximum atomic E-state index is 12.3. The van der Waals surface area contributed by atoms with Gasteiger partial charge in [0.25, 0.3) is 0 Å². The van der Waals surface area contributed by atoms with Crippen molar-refractivity contribution in [3.63, 3.8) is 0 Å². The molecule has 0 unspecified atom stereocenters. The molecule has 0 bridgehead atoms. The van der Waals surface area contributed by atoms with Crippen molar-refractivity contribution in [1.29, 1.82) is 5.26 Å². The molecule has 0 spiro atoms. The van der Waals surface area contributed by atoms with Crippen LogP contribution in [0.2, 0.25) is 0 Å². The van der Waals surface area contributed by atoms with Crippen molar-refractivity contribution in [1.82, 2.24) is 4.90 Å². The topological polar surface area (TPSA) is 64.3 Å². The molecule has 4 heteroatoms. The summed E-state index contributed by atoms with van der Waals surface area (Å²) in [5.41, 5.74) is -0.772. The summed E-state index contributed by atoms with van der Waals surface area (Å²) in [5, 5.41) is 18.0. The Labute approximate surface area is 96.9 Å². The molecule has 1 amide bonds. The third-order valence-electron chi connectivity index (χ3n) is 3.34. The van der Waals surface area contributed by atoms with E-state index in [1.165, 1.54) is 0 Å². The summed E-state index contributed by atoms with van der Waals surface area (Å²) in [6.45, 7) is 3.16. The first kappa shape index (κ1) is 13.0. The third-order valence-corrected chi connectivity index (χ3v) is 3.34. The monoisotopic (exact) mass is 224 g/mol. The van der Waals surface area contributed by atoms with Crippen LogP contribution in [0.4, 0.5) is 0 Å². The minimum atomic E-state index is -0.772. The fraction of sp³-hybridized carbons (Fsp3) is 0.833. The van der Waals surface area contributed by atoms with Gasteiger partial charge < -0.3 is 10.0 Å². The predicted molar refractivity (Wildman–Crippen MR) is 60.5 cm³/mol. The van der Waals surface area contributed by atoms with Crippen molar-refractivity contribution < 1.29 is 9.90 Å². The molecule has 16 heavy (non-hydrogen) atoms. The first-order chi connectivity index (χ1) is 7.70. The fourth-order valence-electron chi connectivity index (χ4n) is 2.32. The smallest absolute Gasteiger partial charge is 0.243 e. The Bertz CT molecular complexity index is 277. The van der Waals surface area contributed by atoms with Crippen LogP contribution in [0.5, 0.6) is 0 Å². The number of aliphatic hydroxyl groups excluding tert-OH is 1. The Kier molecular flexibility index (Phi) is 4.75. The summed E-state index contributed by atoms with van der Waals surface area (Å²) in [6, 6.07) is 2.21. The van der Waals surface area contributed by atoms with Crippen LogP contribution < -0.4 is 0 Å². The van der Waals surface area contributed by atoms with Crippen LogP contribution >= 0.6 is 0 Å². The van der Waals surface area contributed by atoms with Gasteiger partial charge in [0.05, 0.1) is 6.07 Å². The van der Waals surface area contributed by atoms with Gasteiger partial charge in [0.2, 0.25) is 5.91 Å². The number of nitriles is 1. The van der Waals surface area contributed by atoms with Gasteiger partial charge >= 0.3 is 0 Å². The van der Waals surface area contributed by atoms with Crippen LogP contribution in [0, 0.1) is 16.7 Å². The van der Waals surface area contributed by atoms with Crippen LogP contribution in [-0.2, 0) is 4.79 Å². The van der Waals surface area contributed by atoms with E-state index in [4.69, 9.17) is 5.11 Å². The molecule has 0 aromatic carbocycles. The zero-order valence-electron chi connectivity index (χ0n) is 9.91. The largest absolute Gasteiger partial charge is 0.396 e. The molecule has 90 valence electrons. The molecule has 1 fully saturated rings. The number of amides is 1. The van der Waals surface area contributed by atoms with Crippen LogP contribution in [0.15, 0.2) is 0 Å². The highest BCUT2D eigenvalue weighted by Gasteiger charge is 2.43. The maximum Gasteiger partial charge on any atom is 0.243 e. The zero-order chi connectivity index (χ0) is 12.0. The van der Waals surface area contributed by atoms with Crippen LogP contribution in [0.25, 0.3) is 0 Å². The number of carbonyl (C=O) groups is 1. The summed E-state index contributed by atoms with van der Waals surface area (Å²) in [5.74, 6) is -0.0385. The van der Waals surface area contributed by atoms with Gasteiger partial charge in [-0.25, -0.2) is 0 Å². The first-order valence-corrected chi connectivity index (χ1v) is 6.01. The maximum absolute atomic E-state index is 12.3. The standard InChI is InChI=1S/C12H20N2O2/c1-2-14(8-5-9-15)11(16)12(10-13)6-3-4-7-12/h15H,2-9H2,1H3. The highest BCUT2D eigenvalue weighted by Crippen LogP contribution is 2.39. The molecule has 1 rings (SSSR count). The fourth-order valence-corrected chi connectivity index (χ4v) is 2.32. The molecule has 1 aliphatic carbocycles. The van der Waals surface area contributed by atoms with E-state index in [0.29, 0.717) is 32.4 Å². The van der Waals surface area contributed by atoms with Crippen LogP contribution in [0.3, 0.4) is 0 Å². The van der Waals surface area contributed by atoms with Gasteiger partial charge in [-0.1, -0.05) is 12.8 Å². The summed E-state index contributed by atoms with van der Waals surface area (Å²) in [7, 11) is 0. The highest BCUT2D eigenvalue weighted by molar-refractivity contribution is 5.85. The minimum absolute atomic E-state index is 0.0385. The summed E-state index contributed by atoms with van der Waals surface area (Å²) in [4.78, 5) is 14.0. The number of hydrogen-bond donors (Lipinski definition) is 1. The molecule has 1 N–H and O–H groups in total. The van der Waals surface area contributed by atoms with Gasteiger partial charge in [-0.3, -0.25) is 4.79 Å². The molecule has 0 heterocycles. The molecule has 0 saturated heterocycles. The second-order valence-corrected chi connectivity index (χ2v) is 4.36. The quantitative estimate of drug-likeness (QED) is 0.765. The lowest BCUT2D eigenvalue weighted by Crippen LogP contribution is -2.42. The normalized spacial score (nSPS) is 18.1. The van der Waals surface area contributed by atoms with Crippen molar-refractivity contribution >= 4 is 5.91 Å². The molecule has 1 aliphatic rings. The molecule has 1 saturated carbocycles. The van der Waals surface area contributed by atoms with E-state index in [1.807, 2.05) is 6.92 Å². The Balaban J connectivity index is 2.69. The van der Waals surface area contributed by atoms with Crippen molar-refractivity contribution in [3.05, 3.63) is 0 Å². The van der Waals surface area contributed by atoms with E-state index >= 15 is 0 Å². The van der Waals surface area contributed by atoms with Gasteiger partial charge in [0.15, 0.2) is 0 Å². The SMILES string of the molecule is CCN(CCCO)C(=O)C1(C#N)CCCC1. The molecule has 0 aliphatic heterocycles. The van der Waals surface area contributed by atoms with Gasteiger partial charge in [-0.15, -0.1) is 0 Å². The van der Waals surface area contributed by atoms with Crippen molar-refractivity contribution in [2.24, 2.45) is 5.41 Å². The van der Waals surface area contributed by atoms with Gasteiger partial charge in [0, 0.05) is 19.7 Å². The van der Waals surface area contributed by atoms with Gasteiger partial charge in [-0.05, 0) is 26.2 Å². The van der Waals surface area contributed by atoms with E-state index in [2.05, 4.69) is 6.07 Å². The molecular formula is C12H20N2O2. The number of nitrogens with zero attached hydrogens (tertiary/aromatic N) is 2. The van der Waals surface area contributed by atoms with E-state index in [9.17, 15) is 10.1 Å². The molecule has 0 radical (unpaired) electrons. The summed E-state index contributed by atoms with van der Waals surface area (Å²) >= 11 is 0. The Morgan fingerprint density at radius 3 is 2.56 bits per heavy atom. The molecular weight excluding hydrogens is 204 g/mol. The van der Waals surface area contributed by atoms with Crippen LogP contribution in [-0.4, -0.2) is 35.6 Å². The van der Waals surface area contributed by atoms with Crippen molar-refractivity contribution in [2.45, 2.75) is 39.0 Å². The zero-order valence-corrected chi connectivity index (χ0v) is 9.91. The molecule has 0 aromatic rings. The second kappa shape index (κ2) is 5.86. The van der Waals surface area contributed by atoms with Crippen molar-refractivity contribution in [2.75, 3.05) is 19.7 Å². The Morgan fingerprint density at radius 1 is 1.50 bits per heavy atom. The third kappa shape index (κ3) is 2.53. The van der Waals surface area contributed by atoms with E-state index in [-0.39, 0.29) is 12.5 Å². The lowest BCUT2D eigenvalue weighted by molar-refractivity contribution is -0.138. The summed E-state index contributed by atoms with van der Waals surface area (Å²) < 4.78 is 0. The van der Waals surface area contributed by atoms with E-state index in [0.717, 1.165) is 12.8 Å². The van der Waals surface area contributed by atoms with Crippen LogP contribution in [0.1, 0.15) is 39.0 Å². The molecule has 0 aromatic heterocycles. The van der Waals surface area contributed by atoms with E-state index in [1.54, 1.807) is 4.90 Å². The Morgan fingerprint density at radius 2 is 2.12 bits per heavy atom. The summed E-state index contributed by atoms with van der Waals surface area (Å²) in [6.07, 6.45) is 3.91. The highest BCUT2D eigenvalue weighted by atomic mass is 16.3. The Hall–Kier alpha value is -1.08. The minimum Gasteiger partial charge on any atom is -0.396 e.